The van der Waals surface area contributed by atoms with Gasteiger partial charge in [-0.25, -0.2) is 14.8 Å². The number of anilines is 2. The Balaban J connectivity index is 2.13. The Morgan fingerprint density at radius 1 is 1.15 bits per heavy atom. The summed E-state index contributed by atoms with van der Waals surface area (Å²) in [7, 11) is -1.64. The van der Waals surface area contributed by atoms with Crippen molar-refractivity contribution in [1.82, 2.24) is 9.97 Å². The number of nitrogens with one attached hydrogen (secondary N) is 2. The van der Waals surface area contributed by atoms with Crippen LogP contribution in [0.4, 0.5) is 29.5 Å². The summed E-state index contributed by atoms with van der Waals surface area (Å²) < 4.78 is 57.8. The van der Waals surface area contributed by atoms with Crippen molar-refractivity contribution in [3.05, 3.63) is 52.8 Å². The summed E-state index contributed by atoms with van der Waals surface area (Å²) in [4.78, 5) is 20.7. The lowest BCUT2D eigenvalue weighted by atomic mass is 9.97. The van der Waals surface area contributed by atoms with Gasteiger partial charge in [-0.2, -0.15) is 13.2 Å². The predicted molar refractivity (Wildman–Crippen MR) is 128 cm³/mol. The highest BCUT2D eigenvalue weighted by Crippen LogP contribution is 2.40. The molecule has 1 amide bonds. The number of hydrogen-bond donors (Lipinski definition) is 2. The second-order valence-electron chi connectivity index (χ2n) is 8.36. The Kier molecular flexibility index (Phi) is 6.94. The molecule has 2 aromatic carbocycles. The third-order valence-electron chi connectivity index (χ3n) is 5.43. The van der Waals surface area contributed by atoms with Gasteiger partial charge in [-0.05, 0) is 63.4 Å². The molecule has 3 rings (SSSR count). The molecule has 0 spiro atoms. The van der Waals surface area contributed by atoms with E-state index < -0.39 is 31.0 Å². The Bertz CT molecular complexity index is 1300. The maximum atomic E-state index is 13.4. The average molecular weight is 494 g/mol. The van der Waals surface area contributed by atoms with Gasteiger partial charge < -0.3 is 14.6 Å². The van der Waals surface area contributed by atoms with Crippen LogP contribution < -0.4 is 15.9 Å². The van der Waals surface area contributed by atoms with Crippen LogP contribution in [0.25, 0.3) is 10.9 Å². The second kappa shape index (κ2) is 9.25. The van der Waals surface area contributed by atoms with Gasteiger partial charge >= 0.3 is 12.3 Å². The zero-order valence-electron chi connectivity index (χ0n) is 19.7. The number of methoxy groups -OCH3 is 1. The van der Waals surface area contributed by atoms with E-state index in [0.29, 0.717) is 39.1 Å². The molecule has 1 atom stereocenters. The first-order chi connectivity index (χ1) is 15.7. The van der Waals surface area contributed by atoms with Crippen molar-refractivity contribution in [2.45, 2.75) is 33.0 Å². The summed E-state index contributed by atoms with van der Waals surface area (Å²) in [6, 6.07) is 6.76. The van der Waals surface area contributed by atoms with Gasteiger partial charge in [0.1, 0.15) is 18.8 Å². The van der Waals surface area contributed by atoms with E-state index >= 15 is 0 Å². The number of amides is 1. The minimum Gasteiger partial charge on any atom is -0.453 e. The van der Waals surface area contributed by atoms with Crippen LogP contribution in [0.2, 0.25) is 0 Å². The summed E-state index contributed by atoms with van der Waals surface area (Å²) in [5.41, 5.74) is 0.674. The molecule has 2 N–H and O–H groups in total. The lowest BCUT2D eigenvalue weighted by molar-refractivity contribution is -0.138. The van der Waals surface area contributed by atoms with Gasteiger partial charge in [0, 0.05) is 10.7 Å². The molecule has 0 aliphatic rings. The Hall–Kier alpha value is -3.13. The molecule has 7 nitrogen and oxygen atoms in total. The highest BCUT2D eigenvalue weighted by molar-refractivity contribution is 7.70. The van der Waals surface area contributed by atoms with Crippen molar-refractivity contribution in [2.75, 3.05) is 31.1 Å². The van der Waals surface area contributed by atoms with Crippen LogP contribution in [0.5, 0.6) is 0 Å². The minimum absolute atomic E-state index is 0.127. The fourth-order valence-corrected chi connectivity index (χ4v) is 4.95. The first-order valence-electron chi connectivity index (χ1n) is 10.4. The molecule has 11 heteroatoms. The molecule has 0 aliphatic heterocycles. The molecule has 182 valence electrons. The van der Waals surface area contributed by atoms with Crippen LogP contribution in [0.1, 0.15) is 35.5 Å². The third kappa shape index (κ3) is 5.33. The molecular weight excluding hydrogens is 468 g/mol. The van der Waals surface area contributed by atoms with E-state index in [1.807, 2.05) is 0 Å². The quantitative estimate of drug-likeness (QED) is 0.432. The minimum atomic E-state index is -4.46. The van der Waals surface area contributed by atoms with Crippen LogP contribution in [-0.2, 0) is 15.5 Å². The molecule has 0 radical (unpaired) electrons. The second-order valence-corrected chi connectivity index (χ2v) is 11.5. The number of fused-ring (bicyclic) bond motifs is 1. The predicted octanol–water partition coefficient (Wildman–Crippen LogP) is 5.86. The molecular formula is C23H26F3N4O3P. The normalized spacial score (nSPS) is 13.0. The number of carbonyl (C=O) groups is 1. The number of benzene rings is 2. The topological polar surface area (TPSA) is 93.2 Å². The first-order valence-corrected chi connectivity index (χ1v) is 13.0. The van der Waals surface area contributed by atoms with Crippen molar-refractivity contribution < 1.29 is 27.3 Å². The average Bonchev–Trinajstić information content (AvgIpc) is 2.71. The number of aromatic nitrogens is 2. The third-order valence-corrected chi connectivity index (χ3v) is 6.96. The number of rotatable bonds is 5. The highest BCUT2D eigenvalue weighted by atomic mass is 31.2. The summed E-state index contributed by atoms with van der Waals surface area (Å²) in [6.07, 6.45) is -5.17. The van der Waals surface area contributed by atoms with Crippen molar-refractivity contribution in [3.8, 4) is 0 Å². The number of carbonyl (C=O) groups excluding carboxylic acids is 1. The molecule has 0 unspecified atom stereocenters. The van der Waals surface area contributed by atoms with Gasteiger partial charge in [-0.3, -0.25) is 5.32 Å². The van der Waals surface area contributed by atoms with Crippen molar-refractivity contribution in [3.63, 3.8) is 0 Å². The number of aryl methyl sites for hydroxylation is 1. The van der Waals surface area contributed by atoms with Gasteiger partial charge in [0.25, 0.3) is 0 Å². The first kappa shape index (κ1) is 25.5. The van der Waals surface area contributed by atoms with Crippen LogP contribution in [0, 0.1) is 13.8 Å². The van der Waals surface area contributed by atoms with E-state index in [9.17, 15) is 22.5 Å². The fraction of sp³-hybridized carbons (Fsp3) is 0.348. The maximum Gasteiger partial charge on any atom is 0.416 e. The highest BCUT2D eigenvalue weighted by Gasteiger charge is 2.33. The van der Waals surface area contributed by atoms with E-state index in [1.54, 1.807) is 45.4 Å². The number of nitrogens with zero attached hydrogens (tertiary/aromatic N) is 2. The SMILES string of the molecule is COC(=O)Nc1cc2nc(C)nc(N[C@H](C)c3cccc(C(F)(F)F)c3C)c2cc1P(C)(C)=O. The zero-order valence-corrected chi connectivity index (χ0v) is 20.6. The Morgan fingerprint density at radius 2 is 1.82 bits per heavy atom. The zero-order chi connectivity index (χ0) is 25.4. The number of hydrogen-bond acceptors (Lipinski definition) is 6. The van der Waals surface area contributed by atoms with E-state index in [2.05, 4.69) is 25.3 Å². The Labute approximate surface area is 195 Å². The van der Waals surface area contributed by atoms with Crippen LogP contribution >= 0.6 is 7.14 Å². The van der Waals surface area contributed by atoms with Gasteiger partial charge in [-0.1, -0.05) is 12.1 Å². The smallest absolute Gasteiger partial charge is 0.416 e. The summed E-state index contributed by atoms with van der Waals surface area (Å²) >= 11 is 0. The van der Waals surface area contributed by atoms with Crippen LogP contribution in [0.15, 0.2) is 30.3 Å². The van der Waals surface area contributed by atoms with Crippen LogP contribution in [-0.4, -0.2) is 36.5 Å². The molecule has 3 aromatic rings. The van der Waals surface area contributed by atoms with Crippen molar-refractivity contribution in [1.29, 1.82) is 0 Å². The van der Waals surface area contributed by atoms with E-state index in [4.69, 9.17) is 0 Å². The fourth-order valence-electron chi connectivity index (χ4n) is 3.81. The van der Waals surface area contributed by atoms with E-state index in [1.165, 1.54) is 20.1 Å². The summed E-state index contributed by atoms with van der Waals surface area (Å²) in [5.74, 6) is 0.794. The molecule has 1 aromatic heterocycles. The summed E-state index contributed by atoms with van der Waals surface area (Å²) in [6.45, 7) is 7.98. The van der Waals surface area contributed by atoms with Gasteiger partial charge in [-0.15, -0.1) is 0 Å². The van der Waals surface area contributed by atoms with Gasteiger partial charge in [0.2, 0.25) is 0 Å². The standard InChI is InChI=1S/C23H26F3N4O3P/c1-12-15(8-7-9-17(12)23(24,25)26)13(2)27-21-16-10-20(34(5,6)32)19(30-22(31)33-4)11-18(16)28-14(3)29-21/h7-11,13H,1-6H3,(H,30,31)(H,27,28,29)/t13-/m1/s1. The lowest BCUT2D eigenvalue weighted by Crippen LogP contribution is -2.19. The Morgan fingerprint density at radius 3 is 2.41 bits per heavy atom. The van der Waals surface area contributed by atoms with E-state index in [0.717, 1.165) is 6.07 Å². The molecule has 34 heavy (non-hydrogen) atoms. The molecule has 0 bridgehead atoms. The molecule has 0 aliphatic carbocycles. The summed E-state index contributed by atoms with van der Waals surface area (Å²) in [5, 5.41) is 6.68. The van der Waals surface area contributed by atoms with Crippen molar-refractivity contribution in [2.24, 2.45) is 0 Å². The van der Waals surface area contributed by atoms with Gasteiger partial charge in [0.15, 0.2) is 0 Å². The van der Waals surface area contributed by atoms with E-state index in [-0.39, 0.29) is 5.56 Å². The molecule has 0 saturated heterocycles. The van der Waals surface area contributed by atoms with Gasteiger partial charge in [0.05, 0.1) is 29.9 Å². The largest absolute Gasteiger partial charge is 0.453 e. The maximum absolute atomic E-state index is 13.4. The molecule has 0 saturated carbocycles. The monoisotopic (exact) mass is 494 g/mol. The molecule has 1 heterocycles. The van der Waals surface area contributed by atoms with Crippen molar-refractivity contribution >= 4 is 40.9 Å². The molecule has 0 fully saturated rings. The number of ether oxygens (including phenoxy) is 1. The number of halogens is 3. The number of alkyl halides is 3. The van der Waals surface area contributed by atoms with Crippen LogP contribution in [0.3, 0.4) is 0 Å². The lowest BCUT2D eigenvalue weighted by Gasteiger charge is -2.22.